The summed E-state index contributed by atoms with van der Waals surface area (Å²) in [6, 6.07) is 17.2. The van der Waals surface area contributed by atoms with Gasteiger partial charge in [-0.15, -0.1) is 0 Å². The molecule has 3 heteroatoms. The number of rotatable bonds is 3. The van der Waals surface area contributed by atoms with Gasteiger partial charge in [0.05, 0.1) is 13.2 Å². The van der Waals surface area contributed by atoms with Crippen LogP contribution in [0.25, 0.3) is 0 Å². The van der Waals surface area contributed by atoms with Gasteiger partial charge < -0.3 is 15.0 Å². The van der Waals surface area contributed by atoms with Crippen LogP contribution in [0.2, 0.25) is 0 Å². The standard InChI is InChI=1S/C17H20N2O/c1-19(14-7-5-8-15(10-14)20-2)17-12-18-11-13-6-3-4-9-16(13)17/h3-10,17-18H,11-12H2,1-2H3. The summed E-state index contributed by atoms with van der Waals surface area (Å²) in [5, 5.41) is 3.50. The lowest BCUT2D eigenvalue weighted by Crippen LogP contribution is -2.37. The van der Waals surface area contributed by atoms with Crippen LogP contribution in [-0.2, 0) is 6.54 Å². The van der Waals surface area contributed by atoms with Crippen LogP contribution in [0.1, 0.15) is 17.2 Å². The Bertz CT molecular complexity index is 597. The molecule has 0 amide bonds. The van der Waals surface area contributed by atoms with E-state index in [1.165, 1.54) is 16.8 Å². The topological polar surface area (TPSA) is 24.5 Å². The van der Waals surface area contributed by atoms with Gasteiger partial charge in [-0.2, -0.15) is 0 Å². The number of nitrogens with zero attached hydrogens (tertiary/aromatic N) is 1. The molecule has 0 fully saturated rings. The average Bonchev–Trinajstić information content (AvgIpc) is 2.53. The van der Waals surface area contributed by atoms with Crippen LogP contribution in [0.4, 0.5) is 5.69 Å². The van der Waals surface area contributed by atoms with E-state index in [9.17, 15) is 0 Å². The Kier molecular flexibility index (Phi) is 3.61. The van der Waals surface area contributed by atoms with E-state index in [1.54, 1.807) is 7.11 Å². The molecule has 0 aromatic heterocycles. The second-order valence-corrected chi connectivity index (χ2v) is 5.16. The Hall–Kier alpha value is -2.00. The van der Waals surface area contributed by atoms with Gasteiger partial charge >= 0.3 is 0 Å². The molecule has 1 aliphatic heterocycles. The van der Waals surface area contributed by atoms with Crippen molar-refractivity contribution in [3.63, 3.8) is 0 Å². The molecule has 0 bridgehead atoms. The maximum Gasteiger partial charge on any atom is 0.120 e. The molecule has 1 N–H and O–H groups in total. The first-order valence-electron chi connectivity index (χ1n) is 6.95. The van der Waals surface area contributed by atoms with Crippen molar-refractivity contribution < 1.29 is 4.74 Å². The molecule has 1 heterocycles. The van der Waals surface area contributed by atoms with E-state index in [4.69, 9.17) is 4.74 Å². The number of hydrogen-bond donors (Lipinski definition) is 1. The Morgan fingerprint density at radius 3 is 2.85 bits per heavy atom. The first kappa shape index (κ1) is 13.0. The van der Waals surface area contributed by atoms with Crippen LogP contribution >= 0.6 is 0 Å². The molecule has 3 rings (SSSR count). The summed E-state index contributed by atoms with van der Waals surface area (Å²) >= 11 is 0. The molecule has 2 aromatic carbocycles. The number of anilines is 1. The van der Waals surface area contributed by atoms with E-state index in [-0.39, 0.29) is 0 Å². The zero-order valence-corrected chi connectivity index (χ0v) is 12.0. The van der Waals surface area contributed by atoms with Gasteiger partial charge in [-0.05, 0) is 23.3 Å². The van der Waals surface area contributed by atoms with Crippen LogP contribution < -0.4 is 15.0 Å². The van der Waals surface area contributed by atoms with Gasteiger partial charge in [0, 0.05) is 31.9 Å². The van der Waals surface area contributed by atoms with Crippen molar-refractivity contribution in [2.45, 2.75) is 12.6 Å². The largest absolute Gasteiger partial charge is 0.497 e. The highest BCUT2D eigenvalue weighted by Gasteiger charge is 2.23. The van der Waals surface area contributed by atoms with Crippen molar-refractivity contribution in [3.8, 4) is 5.75 Å². The number of likely N-dealkylation sites (N-methyl/N-ethyl adjacent to an activating group) is 1. The number of benzene rings is 2. The van der Waals surface area contributed by atoms with Crippen molar-refractivity contribution in [2.75, 3.05) is 25.6 Å². The van der Waals surface area contributed by atoms with Gasteiger partial charge in [-0.3, -0.25) is 0 Å². The third kappa shape index (κ3) is 2.37. The first-order valence-corrected chi connectivity index (χ1v) is 6.95. The molecular formula is C17H20N2O. The van der Waals surface area contributed by atoms with E-state index >= 15 is 0 Å². The minimum Gasteiger partial charge on any atom is -0.497 e. The van der Waals surface area contributed by atoms with Crippen LogP contribution in [0, 0.1) is 0 Å². The number of nitrogens with one attached hydrogen (secondary N) is 1. The molecule has 2 aromatic rings. The summed E-state index contributed by atoms with van der Waals surface area (Å²) in [4.78, 5) is 2.31. The number of ether oxygens (including phenoxy) is 1. The van der Waals surface area contributed by atoms with Gasteiger partial charge in [0.2, 0.25) is 0 Å². The number of fused-ring (bicyclic) bond motifs is 1. The Morgan fingerprint density at radius 1 is 1.15 bits per heavy atom. The number of hydrogen-bond acceptors (Lipinski definition) is 3. The molecule has 3 nitrogen and oxygen atoms in total. The third-order valence-corrected chi connectivity index (χ3v) is 4.00. The van der Waals surface area contributed by atoms with E-state index in [0.717, 1.165) is 18.8 Å². The van der Waals surface area contributed by atoms with Gasteiger partial charge in [-0.1, -0.05) is 30.3 Å². The summed E-state index contributed by atoms with van der Waals surface area (Å²) < 4.78 is 5.32. The molecule has 0 saturated carbocycles. The van der Waals surface area contributed by atoms with Crippen molar-refractivity contribution >= 4 is 5.69 Å². The normalized spacial score (nSPS) is 17.4. The summed E-state index contributed by atoms with van der Waals surface area (Å²) in [5.74, 6) is 0.895. The Morgan fingerprint density at radius 2 is 2.00 bits per heavy atom. The monoisotopic (exact) mass is 268 g/mol. The lowest BCUT2D eigenvalue weighted by atomic mass is 9.95. The number of methoxy groups -OCH3 is 1. The van der Waals surface area contributed by atoms with Gasteiger partial charge in [0.15, 0.2) is 0 Å². The maximum atomic E-state index is 5.32. The predicted molar refractivity (Wildman–Crippen MR) is 82.3 cm³/mol. The molecule has 0 radical (unpaired) electrons. The second-order valence-electron chi connectivity index (χ2n) is 5.16. The average molecular weight is 268 g/mol. The lowest BCUT2D eigenvalue weighted by Gasteiger charge is -2.35. The zero-order chi connectivity index (χ0) is 13.9. The highest BCUT2D eigenvalue weighted by atomic mass is 16.5. The van der Waals surface area contributed by atoms with Crippen molar-refractivity contribution in [3.05, 3.63) is 59.7 Å². The summed E-state index contributed by atoms with van der Waals surface area (Å²) in [6.45, 7) is 1.92. The van der Waals surface area contributed by atoms with E-state index in [2.05, 4.69) is 53.7 Å². The summed E-state index contributed by atoms with van der Waals surface area (Å²) in [5.41, 5.74) is 3.97. The third-order valence-electron chi connectivity index (χ3n) is 4.00. The lowest BCUT2D eigenvalue weighted by molar-refractivity contribution is 0.414. The molecule has 1 aliphatic rings. The molecule has 1 atom stereocenters. The van der Waals surface area contributed by atoms with Gasteiger partial charge in [-0.25, -0.2) is 0 Å². The highest BCUT2D eigenvalue weighted by molar-refractivity contribution is 5.53. The van der Waals surface area contributed by atoms with Crippen molar-refractivity contribution in [2.24, 2.45) is 0 Å². The molecular weight excluding hydrogens is 248 g/mol. The Balaban J connectivity index is 1.93. The van der Waals surface area contributed by atoms with E-state index in [1.807, 2.05) is 12.1 Å². The minimum atomic E-state index is 0.354. The fourth-order valence-corrected chi connectivity index (χ4v) is 2.83. The quantitative estimate of drug-likeness (QED) is 0.926. The maximum absolute atomic E-state index is 5.32. The molecule has 1 unspecified atom stereocenters. The van der Waals surface area contributed by atoms with Crippen LogP contribution in [0.15, 0.2) is 48.5 Å². The van der Waals surface area contributed by atoms with Crippen LogP contribution in [0.5, 0.6) is 5.75 Å². The zero-order valence-electron chi connectivity index (χ0n) is 12.0. The summed E-state index contributed by atoms with van der Waals surface area (Å²) in [6.07, 6.45) is 0. The Labute approximate surface area is 120 Å². The summed E-state index contributed by atoms with van der Waals surface area (Å²) in [7, 11) is 3.85. The molecule has 0 aliphatic carbocycles. The van der Waals surface area contributed by atoms with Gasteiger partial charge in [0.25, 0.3) is 0 Å². The van der Waals surface area contributed by atoms with Crippen LogP contribution in [-0.4, -0.2) is 20.7 Å². The predicted octanol–water partition coefficient (Wildman–Crippen LogP) is 2.98. The molecule has 0 spiro atoms. The highest BCUT2D eigenvalue weighted by Crippen LogP contribution is 2.31. The van der Waals surface area contributed by atoms with Crippen molar-refractivity contribution in [1.82, 2.24) is 5.32 Å². The second kappa shape index (κ2) is 5.55. The SMILES string of the molecule is COc1cccc(N(C)C2CNCc3ccccc32)c1. The fraction of sp³-hybridized carbons (Fsp3) is 0.294. The van der Waals surface area contributed by atoms with E-state index < -0.39 is 0 Å². The minimum absolute atomic E-state index is 0.354. The van der Waals surface area contributed by atoms with E-state index in [0.29, 0.717) is 6.04 Å². The smallest absolute Gasteiger partial charge is 0.120 e. The molecule has 104 valence electrons. The van der Waals surface area contributed by atoms with Crippen molar-refractivity contribution in [1.29, 1.82) is 0 Å². The molecule has 0 saturated heterocycles. The van der Waals surface area contributed by atoms with Crippen LogP contribution in [0.3, 0.4) is 0 Å². The first-order chi connectivity index (χ1) is 9.79. The van der Waals surface area contributed by atoms with Gasteiger partial charge in [0.1, 0.15) is 5.75 Å². The fourth-order valence-electron chi connectivity index (χ4n) is 2.83. The molecule has 20 heavy (non-hydrogen) atoms.